The molecule has 2 aromatic carbocycles. The van der Waals surface area contributed by atoms with Crippen LogP contribution in [0.25, 0.3) is 11.6 Å². The topological polar surface area (TPSA) is 93.1 Å². The largest absolute Gasteiger partial charge is 0.490 e. The van der Waals surface area contributed by atoms with E-state index in [-0.39, 0.29) is 29.8 Å². The smallest absolute Gasteiger partial charge is 0.419 e. The molecule has 0 spiro atoms. The van der Waals surface area contributed by atoms with Gasteiger partial charge in [0, 0.05) is 27.6 Å². The van der Waals surface area contributed by atoms with Gasteiger partial charge in [0.15, 0.2) is 0 Å². The van der Waals surface area contributed by atoms with Gasteiger partial charge < -0.3 is 14.6 Å². The molecule has 0 aliphatic carbocycles. The predicted molar refractivity (Wildman–Crippen MR) is 122 cm³/mol. The minimum Gasteiger partial charge on any atom is -0.490 e. The summed E-state index contributed by atoms with van der Waals surface area (Å²) >= 11 is 12.2. The monoisotopic (exact) mass is 477 g/mol. The standard InChI is InChI=1S/C23H21Cl2NO6/c1-3-16(6-9-21(27)31-2)32-20-8-5-14(24)10-13(20)11-18-17-7-4-15(25)12-19(17)26(22(18)28)23(29)30/h4-5,7-8,10-12,16H,3,6,9H2,1-2H3,(H,29,30)/b18-11-. The number of carbonyl (C=O) groups is 3. The Kier molecular flexibility index (Phi) is 7.43. The van der Waals surface area contributed by atoms with E-state index in [0.717, 1.165) is 0 Å². The third kappa shape index (κ3) is 5.06. The number of carboxylic acid groups (broad SMARTS) is 1. The van der Waals surface area contributed by atoms with E-state index < -0.39 is 12.0 Å². The maximum Gasteiger partial charge on any atom is 0.419 e. The van der Waals surface area contributed by atoms with Crippen LogP contribution in [0.15, 0.2) is 36.4 Å². The van der Waals surface area contributed by atoms with Gasteiger partial charge in [0.25, 0.3) is 5.91 Å². The second-order valence-corrected chi connectivity index (χ2v) is 7.96. The second kappa shape index (κ2) is 10.1. The number of fused-ring (bicyclic) bond motifs is 1. The van der Waals surface area contributed by atoms with Crippen LogP contribution < -0.4 is 9.64 Å². The fraction of sp³-hybridized carbons (Fsp3) is 0.261. The Morgan fingerprint density at radius 3 is 2.50 bits per heavy atom. The molecule has 1 atom stereocenters. The zero-order chi connectivity index (χ0) is 23.4. The summed E-state index contributed by atoms with van der Waals surface area (Å²) in [5.74, 6) is -0.569. The minimum absolute atomic E-state index is 0.175. The number of amides is 2. The van der Waals surface area contributed by atoms with Gasteiger partial charge in [-0.1, -0.05) is 36.2 Å². The molecule has 0 bridgehead atoms. The van der Waals surface area contributed by atoms with Gasteiger partial charge in [-0.15, -0.1) is 0 Å². The molecule has 0 radical (unpaired) electrons. The van der Waals surface area contributed by atoms with Crippen molar-refractivity contribution in [1.29, 1.82) is 0 Å². The van der Waals surface area contributed by atoms with E-state index in [1.165, 1.54) is 13.2 Å². The molecule has 1 unspecified atom stereocenters. The van der Waals surface area contributed by atoms with E-state index in [2.05, 4.69) is 4.74 Å². The number of anilines is 1. The van der Waals surface area contributed by atoms with Gasteiger partial charge >= 0.3 is 12.1 Å². The zero-order valence-corrected chi connectivity index (χ0v) is 18.9. The van der Waals surface area contributed by atoms with E-state index in [9.17, 15) is 19.5 Å². The lowest BCUT2D eigenvalue weighted by Crippen LogP contribution is -2.31. The second-order valence-electron chi connectivity index (χ2n) is 7.09. The molecule has 0 saturated carbocycles. The summed E-state index contributed by atoms with van der Waals surface area (Å²) in [4.78, 5) is 36.7. The molecule has 2 aromatic rings. The molecule has 0 saturated heterocycles. The van der Waals surface area contributed by atoms with Crippen LogP contribution in [0, 0.1) is 0 Å². The number of esters is 1. The van der Waals surface area contributed by atoms with E-state index in [1.807, 2.05) is 6.92 Å². The van der Waals surface area contributed by atoms with Crippen LogP contribution >= 0.6 is 23.2 Å². The number of methoxy groups -OCH3 is 1. The molecule has 0 aromatic heterocycles. The third-order valence-corrected chi connectivity index (χ3v) is 5.50. The van der Waals surface area contributed by atoms with E-state index >= 15 is 0 Å². The fourth-order valence-corrected chi connectivity index (χ4v) is 3.74. The van der Waals surface area contributed by atoms with Crippen molar-refractivity contribution in [3.05, 3.63) is 57.6 Å². The SMILES string of the molecule is CCC(CCC(=O)OC)Oc1ccc(Cl)cc1/C=C1\C(=O)N(C(=O)O)c2cc(Cl)ccc21. The Labute approximate surface area is 195 Å². The molecule has 2 amide bonds. The van der Waals surface area contributed by atoms with Crippen molar-refractivity contribution in [3.63, 3.8) is 0 Å². The molecule has 1 aliphatic heterocycles. The summed E-state index contributed by atoms with van der Waals surface area (Å²) in [5.41, 5.74) is 1.31. The van der Waals surface area contributed by atoms with Crippen molar-refractivity contribution in [2.45, 2.75) is 32.3 Å². The number of benzene rings is 2. The molecule has 1 N–H and O–H groups in total. The summed E-state index contributed by atoms with van der Waals surface area (Å²) in [6.07, 6.45) is 1.18. The van der Waals surface area contributed by atoms with Crippen LogP contribution in [0.3, 0.4) is 0 Å². The summed E-state index contributed by atoms with van der Waals surface area (Å²) < 4.78 is 10.8. The van der Waals surface area contributed by atoms with Crippen LogP contribution in [0.2, 0.25) is 10.0 Å². The van der Waals surface area contributed by atoms with E-state index in [4.69, 9.17) is 27.9 Å². The van der Waals surface area contributed by atoms with Crippen molar-refractivity contribution in [2.75, 3.05) is 12.0 Å². The molecule has 1 heterocycles. The number of halogens is 2. The maximum absolute atomic E-state index is 12.9. The lowest BCUT2D eigenvalue weighted by molar-refractivity contribution is -0.141. The van der Waals surface area contributed by atoms with Crippen molar-refractivity contribution in [3.8, 4) is 5.75 Å². The summed E-state index contributed by atoms with van der Waals surface area (Å²) in [5, 5.41) is 10.3. The molecular formula is C23H21Cl2NO6. The Balaban J connectivity index is 2.00. The lowest BCUT2D eigenvalue weighted by Gasteiger charge is -2.19. The van der Waals surface area contributed by atoms with Crippen LogP contribution in [0.5, 0.6) is 5.75 Å². The number of hydrogen-bond donors (Lipinski definition) is 1. The van der Waals surface area contributed by atoms with Gasteiger partial charge in [-0.05, 0) is 49.2 Å². The van der Waals surface area contributed by atoms with Gasteiger partial charge in [0.05, 0.1) is 24.5 Å². The van der Waals surface area contributed by atoms with Crippen LogP contribution in [0.4, 0.5) is 10.5 Å². The Bertz CT molecular complexity index is 1100. The first-order valence-corrected chi connectivity index (χ1v) is 10.6. The first-order chi connectivity index (χ1) is 15.2. The Hall–Kier alpha value is -3.03. The van der Waals surface area contributed by atoms with Gasteiger partial charge in [0.2, 0.25) is 0 Å². The normalized spacial score (nSPS) is 14.9. The van der Waals surface area contributed by atoms with Crippen LogP contribution in [-0.2, 0) is 14.3 Å². The number of rotatable bonds is 7. The first-order valence-electron chi connectivity index (χ1n) is 9.87. The first kappa shape index (κ1) is 23.6. The highest BCUT2D eigenvalue weighted by atomic mass is 35.5. The van der Waals surface area contributed by atoms with Gasteiger partial charge in [-0.3, -0.25) is 9.59 Å². The van der Waals surface area contributed by atoms with Gasteiger partial charge in [-0.2, -0.15) is 0 Å². The fourth-order valence-electron chi connectivity index (χ4n) is 3.39. The Morgan fingerprint density at radius 1 is 1.16 bits per heavy atom. The lowest BCUT2D eigenvalue weighted by atomic mass is 10.0. The van der Waals surface area contributed by atoms with Crippen molar-refractivity contribution >= 4 is 58.5 Å². The summed E-state index contributed by atoms with van der Waals surface area (Å²) in [6, 6.07) is 9.57. The average molecular weight is 478 g/mol. The van der Waals surface area contributed by atoms with E-state index in [1.54, 1.807) is 36.4 Å². The molecule has 32 heavy (non-hydrogen) atoms. The van der Waals surface area contributed by atoms with Crippen molar-refractivity contribution < 1.29 is 29.0 Å². The molecular weight excluding hydrogens is 457 g/mol. The van der Waals surface area contributed by atoms with E-state index in [0.29, 0.717) is 44.7 Å². The highest BCUT2D eigenvalue weighted by Gasteiger charge is 2.37. The molecule has 3 rings (SSSR count). The molecule has 9 heteroatoms. The number of ether oxygens (including phenoxy) is 2. The van der Waals surface area contributed by atoms with Crippen molar-refractivity contribution in [2.24, 2.45) is 0 Å². The molecule has 0 fully saturated rings. The highest BCUT2D eigenvalue weighted by molar-refractivity contribution is 6.42. The average Bonchev–Trinajstić information content (AvgIpc) is 3.02. The Morgan fingerprint density at radius 2 is 1.84 bits per heavy atom. The molecule has 168 valence electrons. The van der Waals surface area contributed by atoms with Crippen molar-refractivity contribution in [1.82, 2.24) is 0 Å². The number of hydrogen-bond acceptors (Lipinski definition) is 5. The van der Waals surface area contributed by atoms with Gasteiger partial charge in [0.1, 0.15) is 5.75 Å². The number of nitrogens with zero attached hydrogens (tertiary/aromatic N) is 1. The van der Waals surface area contributed by atoms with Crippen LogP contribution in [-0.4, -0.2) is 36.3 Å². The maximum atomic E-state index is 12.9. The molecule has 1 aliphatic rings. The minimum atomic E-state index is -1.40. The summed E-state index contributed by atoms with van der Waals surface area (Å²) in [6.45, 7) is 1.93. The summed E-state index contributed by atoms with van der Waals surface area (Å²) in [7, 11) is 1.33. The molecule has 7 nitrogen and oxygen atoms in total. The third-order valence-electron chi connectivity index (χ3n) is 5.03. The quantitative estimate of drug-likeness (QED) is 0.407. The zero-order valence-electron chi connectivity index (χ0n) is 17.4. The predicted octanol–water partition coefficient (Wildman–Crippen LogP) is 5.67. The number of carbonyl (C=O) groups excluding carboxylic acids is 2. The van der Waals surface area contributed by atoms with Gasteiger partial charge in [-0.25, -0.2) is 9.69 Å². The van der Waals surface area contributed by atoms with Crippen LogP contribution in [0.1, 0.15) is 37.3 Å². The number of imide groups is 1. The highest BCUT2D eigenvalue weighted by Crippen LogP contribution is 2.40.